The van der Waals surface area contributed by atoms with Crippen molar-refractivity contribution in [2.45, 2.75) is 12.8 Å². The molecule has 0 bridgehead atoms. The van der Waals surface area contributed by atoms with Gasteiger partial charge in [0.25, 0.3) is 5.91 Å². The number of carbonyl (C=O) groups is 1. The fourth-order valence-corrected chi connectivity index (χ4v) is 4.37. The van der Waals surface area contributed by atoms with Crippen LogP contribution >= 0.6 is 0 Å². The standard InChI is InChI=1S/C27H31N7O.H2/c1-33-14-16-34(17-15-33)13-3-4-20-6-9-22(10-7-20)31-27(35)24-5-2-12-28-26(24)30-23-11-8-21-19-29-32-25(21)18-23;/h2,5-12,18-19H,3-4,13-17H2,1H3,(H,28,30)(H,29,32)(H,31,35);1H. The van der Waals surface area contributed by atoms with Gasteiger partial charge >= 0.3 is 0 Å². The average Bonchev–Trinajstić information content (AvgIpc) is 3.35. The Hall–Kier alpha value is -3.75. The number of piperazine rings is 1. The topological polar surface area (TPSA) is 89.2 Å². The van der Waals surface area contributed by atoms with E-state index in [-0.39, 0.29) is 7.33 Å². The zero-order valence-corrected chi connectivity index (χ0v) is 20.0. The fourth-order valence-electron chi connectivity index (χ4n) is 4.37. The highest BCUT2D eigenvalue weighted by Crippen LogP contribution is 2.23. The molecule has 1 saturated heterocycles. The van der Waals surface area contributed by atoms with Crippen molar-refractivity contribution in [3.8, 4) is 0 Å². The van der Waals surface area contributed by atoms with E-state index in [9.17, 15) is 4.79 Å². The van der Waals surface area contributed by atoms with Crippen LogP contribution in [-0.4, -0.2) is 70.7 Å². The molecule has 0 atom stereocenters. The largest absolute Gasteiger partial charge is 0.340 e. The molecule has 0 unspecified atom stereocenters. The number of hydrogen-bond donors (Lipinski definition) is 3. The van der Waals surface area contributed by atoms with Gasteiger partial charge < -0.3 is 20.4 Å². The number of fused-ring (bicyclic) bond motifs is 1. The summed E-state index contributed by atoms with van der Waals surface area (Å²) in [5, 5.41) is 14.3. The number of carbonyl (C=O) groups excluding carboxylic acids is 1. The van der Waals surface area contributed by atoms with Crippen LogP contribution in [0.4, 0.5) is 17.2 Å². The van der Waals surface area contributed by atoms with Crippen LogP contribution in [0, 0.1) is 0 Å². The molecule has 0 spiro atoms. The summed E-state index contributed by atoms with van der Waals surface area (Å²) >= 11 is 0. The lowest BCUT2D eigenvalue weighted by atomic mass is 10.1. The van der Waals surface area contributed by atoms with Gasteiger partial charge in [-0.1, -0.05) is 12.1 Å². The molecule has 1 aliphatic heterocycles. The van der Waals surface area contributed by atoms with Crippen molar-refractivity contribution >= 4 is 34.0 Å². The molecule has 2 aromatic carbocycles. The van der Waals surface area contributed by atoms with Crippen molar-refractivity contribution in [3.05, 3.63) is 78.1 Å². The van der Waals surface area contributed by atoms with E-state index in [0.29, 0.717) is 11.4 Å². The first-order valence-electron chi connectivity index (χ1n) is 12.1. The van der Waals surface area contributed by atoms with Crippen molar-refractivity contribution in [3.63, 3.8) is 0 Å². The van der Waals surface area contributed by atoms with E-state index in [1.807, 2.05) is 30.3 Å². The van der Waals surface area contributed by atoms with E-state index in [4.69, 9.17) is 0 Å². The molecule has 35 heavy (non-hydrogen) atoms. The maximum absolute atomic E-state index is 13.0. The Balaban J connectivity index is 0.00000304. The lowest BCUT2D eigenvalue weighted by Crippen LogP contribution is -2.44. The molecule has 4 aromatic rings. The van der Waals surface area contributed by atoms with Crippen LogP contribution in [0.15, 0.2) is 67.0 Å². The molecule has 0 aliphatic carbocycles. The van der Waals surface area contributed by atoms with Crippen LogP contribution in [0.1, 0.15) is 23.8 Å². The number of aryl methyl sites for hydroxylation is 1. The van der Waals surface area contributed by atoms with Gasteiger partial charge in [0.2, 0.25) is 0 Å². The zero-order chi connectivity index (χ0) is 24.0. The number of pyridine rings is 1. The number of benzene rings is 2. The minimum Gasteiger partial charge on any atom is -0.340 e. The first kappa shape index (κ1) is 23.0. The highest BCUT2D eigenvalue weighted by molar-refractivity contribution is 6.07. The van der Waals surface area contributed by atoms with Gasteiger partial charge in [0.15, 0.2) is 0 Å². The van der Waals surface area contributed by atoms with Gasteiger partial charge in [-0.05, 0) is 74.5 Å². The molecule has 0 saturated carbocycles. The summed E-state index contributed by atoms with van der Waals surface area (Å²) in [4.78, 5) is 22.4. The number of H-pyrrole nitrogens is 1. The molecule has 5 rings (SSSR count). The van der Waals surface area contributed by atoms with Crippen molar-refractivity contribution in [1.82, 2.24) is 25.0 Å². The van der Waals surface area contributed by atoms with Gasteiger partial charge in [-0.15, -0.1) is 0 Å². The van der Waals surface area contributed by atoms with Gasteiger partial charge in [0.1, 0.15) is 5.82 Å². The smallest absolute Gasteiger partial charge is 0.259 e. The Morgan fingerprint density at radius 2 is 1.86 bits per heavy atom. The lowest BCUT2D eigenvalue weighted by Gasteiger charge is -2.32. The van der Waals surface area contributed by atoms with Gasteiger partial charge in [0.05, 0.1) is 17.3 Å². The van der Waals surface area contributed by atoms with E-state index in [0.717, 1.165) is 67.8 Å². The summed E-state index contributed by atoms with van der Waals surface area (Å²) in [6, 6.07) is 17.5. The van der Waals surface area contributed by atoms with E-state index >= 15 is 0 Å². The Bertz CT molecular complexity index is 1280. The molecule has 8 heteroatoms. The maximum atomic E-state index is 13.0. The Labute approximate surface area is 206 Å². The summed E-state index contributed by atoms with van der Waals surface area (Å²) in [7, 11) is 2.19. The molecule has 3 N–H and O–H groups in total. The number of hydrogen-bond acceptors (Lipinski definition) is 6. The van der Waals surface area contributed by atoms with Crippen LogP contribution in [0.2, 0.25) is 0 Å². The van der Waals surface area contributed by atoms with Crippen LogP contribution in [-0.2, 0) is 6.42 Å². The monoisotopic (exact) mass is 471 g/mol. The molecule has 1 aliphatic rings. The van der Waals surface area contributed by atoms with E-state index in [1.165, 1.54) is 5.56 Å². The van der Waals surface area contributed by atoms with Crippen molar-refractivity contribution in [2.75, 3.05) is 50.4 Å². The molecule has 2 aromatic heterocycles. The normalized spacial score (nSPS) is 14.8. The zero-order valence-electron chi connectivity index (χ0n) is 20.0. The van der Waals surface area contributed by atoms with Crippen LogP contribution in [0.5, 0.6) is 0 Å². The second-order valence-electron chi connectivity index (χ2n) is 9.10. The summed E-state index contributed by atoms with van der Waals surface area (Å²) in [5.41, 5.74) is 4.28. The molecule has 182 valence electrons. The van der Waals surface area contributed by atoms with Crippen molar-refractivity contribution in [2.24, 2.45) is 0 Å². The van der Waals surface area contributed by atoms with E-state index < -0.39 is 0 Å². The maximum Gasteiger partial charge on any atom is 0.259 e. The number of likely N-dealkylation sites (N-methyl/N-ethyl adjacent to an activating group) is 1. The average molecular weight is 472 g/mol. The third-order valence-corrected chi connectivity index (χ3v) is 6.50. The number of aromatic amines is 1. The van der Waals surface area contributed by atoms with E-state index in [1.54, 1.807) is 24.5 Å². The molecule has 0 radical (unpaired) electrons. The molecule has 1 amide bonds. The Morgan fingerprint density at radius 1 is 1.06 bits per heavy atom. The highest BCUT2D eigenvalue weighted by Gasteiger charge is 2.14. The number of nitrogens with zero attached hydrogens (tertiary/aromatic N) is 4. The predicted octanol–water partition coefficient (Wildman–Crippen LogP) is 4.38. The number of nitrogens with one attached hydrogen (secondary N) is 3. The summed E-state index contributed by atoms with van der Waals surface area (Å²) in [6.45, 7) is 5.76. The molecule has 3 heterocycles. The summed E-state index contributed by atoms with van der Waals surface area (Å²) < 4.78 is 0. The van der Waals surface area contributed by atoms with E-state index in [2.05, 4.69) is 54.8 Å². The minimum atomic E-state index is -0.203. The Kier molecular flexibility index (Phi) is 7.02. The fraction of sp³-hybridized carbons (Fsp3) is 0.296. The molecular formula is C27H33N7O. The predicted molar refractivity (Wildman–Crippen MR) is 142 cm³/mol. The van der Waals surface area contributed by atoms with Gasteiger partial charge in [-0.25, -0.2) is 4.98 Å². The highest BCUT2D eigenvalue weighted by atomic mass is 16.1. The van der Waals surface area contributed by atoms with Crippen LogP contribution in [0.3, 0.4) is 0 Å². The number of anilines is 3. The number of rotatable bonds is 8. The van der Waals surface area contributed by atoms with Gasteiger partial charge in [-0.2, -0.15) is 5.10 Å². The first-order valence-corrected chi connectivity index (χ1v) is 12.1. The molecular weight excluding hydrogens is 438 g/mol. The third-order valence-electron chi connectivity index (χ3n) is 6.50. The minimum absolute atomic E-state index is 0. The van der Waals surface area contributed by atoms with Crippen molar-refractivity contribution in [1.29, 1.82) is 0 Å². The van der Waals surface area contributed by atoms with Crippen LogP contribution in [0.25, 0.3) is 10.9 Å². The Morgan fingerprint density at radius 3 is 2.69 bits per heavy atom. The quantitative estimate of drug-likeness (QED) is 0.353. The summed E-state index contributed by atoms with van der Waals surface area (Å²) in [5.74, 6) is 0.301. The number of amides is 1. The SMILES string of the molecule is CN1CCN(CCCc2ccc(NC(=O)c3cccnc3Nc3ccc4cn[nH]c4c3)cc2)CC1.[HH]. The number of aromatic nitrogens is 3. The lowest BCUT2D eigenvalue weighted by molar-refractivity contribution is 0.102. The van der Waals surface area contributed by atoms with Gasteiger partial charge in [-0.3, -0.25) is 9.89 Å². The second kappa shape index (κ2) is 10.7. The van der Waals surface area contributed by atoms with Crippen LogP contribution < -0.4 is 10.6 Å². The van der Waals surface area contributed by atoms with Crippen molar-refractivity contribution < 1.29 is 6.22 Å². The molecule has 8 nitrogen and oxygen atoms in total. The molecule has 1 fully saturated rings. The second-order valence-corrected chi connectivity index (χ2v) is 9.10. The van der Waals surface area contributed by atoms with Gasteiger partial charge in [0, 0.05) is 50.6 Å². The third kappa shape index (κ3) is 5.85. The summed E-state index contributed by atoms with van der Waals surface area (Å²) in [6.07, 6.45) is 5.63. The first-order chi connectivity index (χ1) is 17.1.